The number of hydrogen-bond acceptors (Lipinski definition) is 0. The summed E-state index contributed by atoms with van der Waals surface area (Å²) < 4.78 is 0. The van der Waals surface area contributed by atoms with E-state index in [4.69, 9.17) is 0 Å². The number of rotatable bonds is 16. The zero-order chi connectivity index (χ0) is 17.4. The molecule has 0 nitrogen and oxygen atoms in total. The van der Waals surface area contributed by atoms with Gasteiger partial charge >= 0.3 is 0 Å². The molecule has 0 rings (SSSR count). The van der Waals surface area contributed by atoms with Gasteiger partial charge in [-0.15, -0.1) is 0 Å². The Hall–Kier alpha value is 0. The van der Waals surface area contributed by atoms with Crippen LogP contribution in [0.25, 0.3) is 0 Å². The summed E-state index contributed by atoms with van der Waals surface area (Å²) >= 11 is 0. The molecule has 0 saturated carbocycles. The van der Waals surface area contributed by atoms with Crippen molar-refractivity contribution < 1.29 is 0 Å². The van der Waals surface area contributed by atoms with E-state index in [2.05, 4.69) is 34.6 Å². The Bertz CT molecular complexity index is 223. The summed E-state index contributed by atoms with van der Waals surface area (Å²) in [4.78, 5) is 0. The Morgan fingerprint density at radius 1 is 0.609 bits per heavy atom. The van der Waals surface area contributed by atoms with E-state index in [0.717, 1.165) is 12.3 Å². The largest absolute Gasteiger partial charge is 0.0654 e. The second kappa shape index (κ2) is 15.5. The van der Waals surface area contributed by atoms with Gasteiger partial charge in [0, 0.05) is 0 Å². The molecule has 1 unspecified atom stereocenters. The van der Waals surface area contributed by atoms with Crippen LogP contribution in [0.1, 0.15) is 130 Å². The summed E-state index contributed by atoms with van der Waals surface area (Å²) in [5.74, 6) is 0.805. The van der Waals surface area contributed by atoms with Gasteiger partial charge in [0.2, 0.25) is 0 Å². The molecule has 0 heterocycles. The molecule has 139 valence electrons. The van der Waals surface area contributed by atoms with Gasteiger partial charge in [-0.05, 0) is 24.2 Å². The molecule has 0 bridgehead atoms. The maximum absolute atomic E-state index is 4.14. The average molecular weight is 324 g/mol. The van der Waals surface area contributed by atoms with Gasteiger partial charge in [-0.2, -0.15) is 0 Å². The second-order valence-corrected chi connectivity index (χ2v) is 8.74. The predicted molar refractivity (Wildman–Crippen MR) is 108 cm³/mol. The molecular weight excluding hydrogens is 276 g/mol. The van der Waals surface area contributed by atoms with Crippen LogP contribution < -0.4 is 0 Å². The van der Waals surface area contributed by atoms with Crippen LogP contribution in [0.5, 0.6) is 0 Å². The first kappa shape index (κ1) is 23.0. The highest BCUT2D eigenvalue weighted by Crippen LogP contribution is 2.32. The molecule has 1 atom stereocenters. The minimum absolute atomic E-state index is 0.443. The predicted octanol–water partition coefficient (Wildman–Crippen LogP) is 8.74. The van der Waals surface area contributed by atoms with E-state index in [1.807, 2.05) is 0 Å². The van der Waals surface area contributed by atoms with Crippen LogP contribution >= 0.6 is 0 Å². The van der Waals surface area contributed by atoms with Crippen molar-refractivity contribution in [1.82, 2.24) is 0 Å². The van der Waals surface area contributed by atoms with Gasteiger partial charge in [-0.3, -0.25) is 0 Å². The van der Waals surface area contributed by atoms with E-state index in [0.29, 0.717) is 5.41 Å². The average Bonchev–Trinajstić information content (AvgIpc) is 2.50. The summed E-state index contributed by atoms with van der Waals surface area (Å²) in [6.45, 7) is 13.5. The van der Waals surface area contributed by atoms with Crippen LogP contribution in [0.2, 0.25) is 0 Å². The van der Waals surface area contributed by atoms with Crippen molar-refractivity contribution in [2.75, 3.05) is 0 Å². The molecule has 0 aromatic rings. The molecule has 0 aliphatic rings. The summed E-state index contributed by atoms with van der Waals surface area (Å²) in [5, 5.41) is 0. The summed E-state index contributed by atoms with van der Waals surface area (Å²) in [6, 6.07) is 0. The lowest BCUT2D eigenvalue weighted by Crippen LogP contribution is -2.19. The van der Waals surface area contributed by atoms with E-state index >= 15 is 0 Å². The van der Waals surface area contributed by atoms with Gasteiger partial charge < -0.3 is 0 Å². The third kappa shape index (κ3) is 15.3. The molecule has 0 aliphatic carbocycles. The first-order chi connectivity index (χ1) is 11.0. The summed E-state index contributed by atoms with van der Waals surface area (Å²) in [7, 11) is 0. The van der Waals surface area contributed by atoms with Crippen LogP contribution in [0.4, 0.5) is 0 Å². The van der Waals surface area contributed by atoms with Crippen molar-refractivity contribution >= 4 is 0 Å². The fraction of sp³-hybridized carbons (Fsp3) is 0.957. The van der Waals surface area contributed by atoms with Crippen LogP contribution in [0.3, 0.4) is 0 Å². The van der Waals surface area contributed by atoms with Crippen molar-refractivity contribution in [1.29, 1.82) is 0 Å². The molecule has 0 aliphatic heterocycles. The van der Waals surface area contributed by atoms with Crippen LogP contribution in [0, 0.1) is 18.3 Å². The maximum Gasteiger partial charge on any atom is -0.0354 e. The first-order valence-corrected chi connectivity index (χ1v) is 10.8. The lowest BCUT2D eigenvalue weighted by molar-refractivity contribution is 0.221. The topological polar surface area (TPSA) is 0 Å². The molecule has 0 fully saturated rings. The van der Waals surface area contributed by atoms with Crippen molar-refractivity contribution in [2.24, 2.45) is 11.3 Å². The summed E-state index contributed by atoms with van der Waals surface area (Å²) in [5.41, 5.74) is 0.443. The molecule has 0 spiro atoms. The molecule has 0 heteroatoms. The minimum atomic E-state index is 0.443. The van der Waals surface area contributed by atoms with E-state index in [-0.39, 0.29) is 0 Å². The maximum atomic E-state index is 4.14. The Morgan fingerprint density at radius 3 is 1.26 bits per heavy atom. The summed E-state index contributed by atoms with van der Waals surface area (Å²) in [6.07, 6.45) is 22.8. The number of unbranched alkanes of at least 4 members (excludes halogenated alkanes) is 13. The molecule has 0 aromatic heterocycles. The first-order valence-electron chi connectivity index (χ1n) is 10.8. The third-order valence-corrected chi connectivity index (χ3v) is 5.48. The third-order valence-electron chi connectivity index (χ3n) is 5.48. The van der Waals surface area contributed by atoms with Gasteiger partial charge in [0.15, 0.2) is 0 Å². The van der Waals surface area contributed by atoms with Crippen LogP contribution in [-0.4, -0.2) is 0 Å². The second-order valence-electron chi connectivity index (χ2n) is 8.74. The van der Waals surface area contributed by atoms with Crippen molar-refractivity contribution in [2.45, 2.75) is 130 Å². The molecule has 0 N–H and O–H groups in total. The monoisotopic (exact) mass is 323 g/mol. The molecule has 23 heavy (non-hydrogen) atoms. The quantitative estimate of drug-likeness (QED) is 0.249. The highest BCUT2D eigenvalue weighted by molar-refractivity contribution is 4.74. The van der Waals surface area contributed by atoms with Gasteiger partial charge in [0.25, 0.3) is 0 Å². The van der Waals surface area contributed by atoms with Gasteiger partial charge in [-0.25, -0.2) is 0 Å². The smallest absolute Gasteiger partial charge is 0.0354 e. The lowest BCUT2D eigenvalue weighted by Gasteiger charge is -2.29. The highest BCUT2D eigenvalue weighted by atomic mass is 14.3. The highest BCUT2D eigenvalue weighted by Gasteiger charge is 2.21. The van der Waals surface area contributed by atoms with Crippen LogP contribution in [-0.2, 0) is 0 Å². The van der Waals surface area contributed by atoms with E-state index in [9.17, 15) is 0 Å². The fourth-order valence-corrected chi connectivity index (χ4v) is 3.60. The number of hydrogen-bond donors (Lipinski definition) is 0. The van der Waals surface area contributed by atoms with Crippen molar-refractivity contribution in [3.63, 3.8) is 0 Å². The SMILES string of the molecule is [CH2]CC(CCCCCCCCCCCCCCCC)C(C)(C)C. The zero-order valence-corrected chi connectivity index (χ0v) is 17.1. The van der Waals surface area contributed by atoms with E-state index in [1.165, 1.54) is 96.3 Å². The molecule has 0 amide bonds. The standard InChI is InChI=1S/C23H47/c1-6-8-9-10-11-12-13-14-15-16-17-18-19-20-21-22(7-2)23(3,4)5/h22H,2,6-21H2,1,3-5H3. The van der Waals surface area contributed by atoms with Crippen molar-refractivity contribution in [3.05, 3.63) is 6.92 Å². The minimum Gasteiger partial charge on any atom is -0.0654 e. The Morgan fingerprint density at radius 2 is 0.957 bits per heavy atom. The van der Waals surface area contributed by atoms with Gasteiger partial charge in [-0.1, -0.05) is 125 Å². The molecule has 0 saturated heterocycles. The van der Waals surface area contributed by atoms with E-state index in [1.54, 1.807) is 0 Å². The lowest BCUT2D eigenvalue weighted by atomic mass is 9.76. The van der Waals surface area contributed by atoms with E-state index < -0.39 is 0 Å². The van der Waals surface area contributed by atoms with Crippen molar-refractivity contribution in [3.8, 4) is 0 Å². The van der Waals surface area contributed by atoms with Gasteiger partial charge in [0.1, 0.15) is 0 Å². The van der Waals surface area contributed by atoms with Crippen LogP contribution in [0.15, 0.2) is 0 Å². The molecule has 0 aromatic carbocycles. The Kier molecular flexibility index (Phi) is 15.5. The molecular formula is C23H47. The fourth-order valence-electron chi connectivity index (χ4n) is 3.60. The molecule has 1 radical (unpaired) electrons. The zero-order valence-electron chi connectivity index (χ0n) is 17.1. The Labute approximate surface area is 149 Å². The van der Waals surface area contributed by atoms with Gasteiger partial charge in [0.05, 0.1) is 0 Å². The Balaban J connectivity index is 3.22. The normalized spacial score (nSPS) is 13.4.